The van der Waals surface area contributed by atoms with Gasteiger partial charge in [-0.05, 0) is 30.7 Å². The Bertz CT molecular complexity index is 1190. The van der Waals surface area contributed by atoms with E-state index in [9.17, 15) is 4.79 Å². The fourth-order valence-corrected chi connectivity index (χ4v) is 4.53. The molecule has 132 valence electrons. The third-order valence-corrected chi connectivity index (χ3v) is 5.79. The van der Waals surface area contributed by atoms with Gasteiger partial charge in [0.25, 0.3) is 5.91 Å². The zero-order valence-corrected chi connectivity index (χ0v) is 15.0. The number of halogens is 1. The van der Waals surface area contributed by atoms with Crippen molar-refractivity contribution in [3.63, 3.8) is 0 Å². The van der Waals surface area contributed by atoms with Crippen molar-refractivity contribution in [1.29, 1.82) is 0 Å². The van der Waals surface area contributed by atoms with Crippen LogP contribution in [0.2, 0.25) is 5.02 Å². The first-order chi connectivity index (χ1) is 13.7. The molecule has 5 nitrogen and oxygen atoms in total. The average molecular weight is 371 g/mol. The molecule has 1 aromatic heterocycles. The van der Waals surface area contributed by atoms with Crippen molar-refractivity contribution in [2.75, 3.05) is 14.1 Å². The highest BCUT2D eigenvalue weighted by Crippen LogP contribution is 2.49. The maximum Gasteiger partial charge on any atom is 0.254 e. The number of methoxy groups -OCH3 is 1. The number of hydrogen-bond donors (Lipinski definition) is 0. The van der Waals surface area contributed by atoms with Crippen LogP contribution in [-0.4, -0.2) is 34.4 Å². The van der Waals surface area contributed by atoms with Crippen LogP contribution in [0, 0.1) is 6.92 Å². The van der Waals surface area contributed by atoms with Crippen LogP contribution in [-0.2, 0) is 0 Å². The predicted molar refractivity (Wildman–Crippen MR) is 100 cm³/mol. The molecule has 5 rings (SSSR count). The largest absolute Gasteiger partial charge is 0.497 e. The summed E-state index contributed by atoms with van der Waals surface area (Å²) in [4.78, 5) is 19.1. The Kier molecular flexibility index (Phi) is 2.57. The minimum absolute atomic E-state index is 0.286. The Morgan fingerprint density at radius 3 is 2.92 bits per heavy atom. The molecule has 3 heterocycles. The maximum atomic E-state index is 13.4. The number of amides is 1. The Hall–Kier alpha value is -2.53. The van der Waals surface area contributed by atoms with Crippen LogP contribution in [0.1, 0.15) is 49.9 Å². The van der Waals surface area contributed by atoms with Crippen LogP contribution in [0.25, 0.3) is 11.0 Å². The third-order valence-electron chi connectivity index (χ3n) is 5.46. The third kappa shape index (κ3) is 1.86. The summed E-state index contributed by atoms with van der Waals surface area (Å²) in [7, 11) is 1.59. The standard InChI is InChI=1S/C20H18ClN3O2/c1-10-4-6-12(21)18-15-9-16(23(2)20(25)17(10)18)19-22-13-7-5-11(26-3)8-14(13)24(15)19/h4-8,15-16H,9H2,1-3H3/t15-,16-/m1/s1/i2D3. The lowest BCUT2D eigenvalue weighted by atomic mass is 9.95. The monoisotopic (exact) mass is 370 g/mol. The van der Waals surface area contributed by atoms with E-state index >= 15 is 0 Å². The van der Waals surface area contributed by atoms with Gasteiger partial charge in [-0.1, -0.05) is 17.7 Å². The number of imidazole rings is 1. The van der Waals surface area contributed by atoms with Gasteiger partial charge in [0.1, 0.15) is 11.6 Å². The van der Waals surface area contributed by atoms with Crippen LogP contribution in [0.3, 0.4) is 0 Å². The van der Waals surface area contributed by atoms with E-state index in [0.29, 0.717) is 39.7 Å². The maximum absolute atomic E-state index is 13.4. The van der Waals surface area contributed by atoms with Crippen molar-refractivity contribution in [2.24, 2.45) is 0 Å². The molecule has 0 saturated heterocycles. The molecule has 2 atom stereocenters. The number of nitrogens with zero attached hydrogens (tertiary/aromatic N) is 3. The summed E-state index contributed by atoms with van der Waals surface area (Å²) < 4.78 is 31.6. The zero-order valence-electron chi connectivity index (χ0n) is 17.3. The summed E-state index contributed by atoms with van der Waals surface area (Å²) in [5.41, 5.74) is 3.29. The van der Waals surface area contributed by atoms with Gasteiger partial charge in [-0.3, -0.25) is 4.79 Å². The molecule has 0 N–H and O–H groups in total. The minimum atomic E-state index is -2.60. The fraction of sp³-hybridized carbons (Fsp3) is 0.300. The molecule has 0 fully saturated rings. The fourth-order valence-electron chi connectivity index (χ4n) is 4.25. The summed E-state index contributed by atoms with van der Waals surface area (Å²) in [5.74, 6) is 0.716. The number of aryl methyl sites for hydroxylation is 1. The van der Waals surface area contributed by atoms with E-state index in [0.717, 1.165) is 15.9 Å². The number of carbonyl (C=O) groups is 1. The molecular weight excluding hydrogens is 350 g/mol. The SMILES string of the molecule is [2H]C([2H])([2H])N1C(=O)c2c(C)ccc(Cl)c2[C@H]2C[C@@H]1c1nc3ccc(OC)cc3n12. The molecule has 2 bridgehead atoms. The van der Waals surface area contributed by atoms with E-state index in [4.69, 9.17) is 25.4 Å². The number of hydrogen-bond acceptors (Lipinski definition) is 3. The topological polar surface area (TPSA) is 47.4 Å². The first kappa shape index (κ1) is 12.8. The average Bonchev–Trinajstić information content (AvgIpc) is 3.14. The second-order valence-corrected chi connectivity index (χ2v) is 7.20. The van der Waals surface area contributed by atoms with Crippen molar-refractivity contribution >= 4 is 28.5 Å². The molecule has 0 saturated carbocycles. The molecular formula is C20H18ClN3O2. The lowest BCUT2D eigenvalue weighted by Crippen LogP contribution is -2.31. The molecule has 0 unspecified atom stereocenters. The summed E-state index contributed by atoms with van der Waals surface area (Å²) in [5, 5.41) is 0.452. The first-order valence-corrected chi connectivity index (χ1v) is 8.78. The molecule has 3 aromatic rings. The van der Waals surface area contributed by atoms with Gasteiger partial charge >= 0.3 is 0 Å². The second-order valence-electron chi connectivity index (χ2n) is 6.79. The van der Waals surface area contributed by atoms with E-state index < -0.39 is 18.9 Å². The summed E-state index contributed by atoms with van der Waals surface area (Å²) in [6.07, 6.45) is 0.412. The molecule has 2 aliphatic rings. The molecule has 0 aliphatic carbocycles. The highest BCUT2D eigenvalue weighted by Gasteiger charge is 2.44. The highest BCUT2D eigenvalue weighted by molar-refractivity contribution is 6.32. The van der Waals surface area contributed by atoms with E-state index in [1.54, 1.807) is 26.2 Å². The molecule has 26 heavy (non-hydrogen) atoms. The van der Waals surface area contributed by atoms with Gasteiger partial charge in [-0.15, -0.1) is 0 Å². The highest BCUT2D eigenvalue weighted by atomic mass is 35.5. The van der Waals surface area contributed by atoms with Gasteiger partial charge in [0.15, 0.2) is 0 Å². The van der Waals surface area contributed by atoms with Gasteiger partial charge in [-0.25, -0.2) is 4.98 Å². The van der Waals surface area contributed by atoms with E-state index in [2.05, 4.69) is 0 Å². The summed E-state index contributed by atoms with van der Waals surface area (Å²) >= 11 is 6.58. The van der Waals surface area contributed by atoms with Crippen LogP contribution in [0.15, 0.2) is 30.3 Å². The Morgan fingerprint density at radius 1 is 1.31 bits per heavy atom. The number of aromatic nitrogens is 2. The van der Waals surface area contributed by atoms with Crippen LogP contribution < -0.4 is 4.74 Å². The molecule has 6 heteroatoms. The van der Waals surface area contributed by atoms with Gasteiger partial charge in [0.2, 0.25) is 0 Å². The number of rotatable bonds is 1. The quantitative estimate of drug-likeness (QED) is 0.647. The molecule has 2 aromatic carbocycles. The Balaban J connectivity index is 1.89. The van der Waals surface area contributed by atoms with E-state index in [1.807, 2.05) is 22.8 Å². The second kappa shape index (κ2) is 5.24. The van der Waals surface area contributed by atoms with Crippen LogP contribution in [0.4, 0.5) is 0 Å². The van der Waals surface area contributed by atoms with Gasteiger partial charge < -0.3 is 14.2 Å². The van der Waals surface area contributed by atoms with Gasteiger partial charge in [-0.2, -0.15) is 0 Å². The number of fused-ring (bicyclic) bond motifs is 9. The smallest absolute Gasteiger partial charge is 0.254 e. The summed E-state index contributed by atoms with van der Waals surface area (Å²) in [6, 6.07) is 8.10. The van der Waals surface area contributed by atoms with Crippen molar-refractivity contribution in [3.8, 4) is 5.75 Å². The van der Waals surface area contributed by atoms with Crippen molar-refractivity contribution in [2.45, 2.75) is 25.4 Å². The van der Waals surface area contributed by atoms with E-state index in [-0.39, 0.29) is 6.04 Å². The summed E-state index contributed by atoms with van der Waals surface area (Å²) in [6.45, 7) is -0.798. The molecule has 1 amide bonds. The zero-order chi connectivity index (χ0) is 20.7. The molecule has 2 aliphatic heterocycles. The number of carbonyl (C=O) groups excluding carboxylic acids is 1. The van der Waals surface area contributed by atoms with Crippen molar-refractivity contribution in [3.05, 3.63) is 57.9 Å². The number of benzene rings is 2. The molecule has 0 radical (unpaired) electrons. The Labute approximate surface area is 160 Å². The van der Waals surface area contributed by atoms with E-state index in [1.165, 1.54) is 0 Å². The van der Waals surface area contributed by atoms with Crippen molar-refractivity contribution in [1.82, 2.24) is 14.5 Å². The van der Waals surface area contributed by atoms with Crippen molar-refractivity contribution < 1.29 is 13.6 Å². The molecule has 0 spiro atoms. The predicted octanol–water partition coefficient (Wildman–Crippen LogP) is 4.13. The minimum Gasteiger partial charge on any atom is -0.497 e. The van der Waals surface area contributed by atoms with Crippen LogP contribution >= 0.6 is 11.6 Å². The van der Waals surface area contributed by atoms with Crippen LogP contribution in [0.5, 0.6) is 5.75 Å². The first-order valence-electron chi connectivity index (χ1n) is 9.91. The van der Waals surface area contributed by atoms with Gasteiger partial charge in [0, 0.05) is 39.7 Å². The lowest BCUT2D eigenvalue weighted by molar-refractivity contribution is 0.0733. The Morgan fingerprint density at radius 2 is 2.15 bits per heavy atom. The van der Waals surface area contributed by atoms with Gasteiger partial charge in [0.05, 0.1) is 30.2 Å². The number of ether oxygens (including phenoxy) is 1. The lowest BCUT2D eigenvalue weighted by Gasteiger charge is -2.25. The normalized spacial score (nSPS) is 23.1.